The lowest BCUT2D eigenvalue weighted by molar-refractivity contribution is -0.131. The molecule has 1 aliphatic heterocycles. The third kappa shape index (κ3) is 5.20. The zero-order valence-corrected chi connectivity index (χ0v) is 17.9. The number of piperazine rings is 1. The molecule has 1 fully saturated rings. The Labute approximate surface area is 182 Å². The molecule has 0 atom stereocenters. The van der Waals surface area contributed by atoms with Gasteiger partial charge in [0.15, 0.2) is 0 Å². The van der Waals surface area contributed by atoms with Crippen molar-refractivity contribution in [3.8, 4) is 11.3 Å². The van der Waals surface area contributed by atoms with Crippen LogP contribution in [0.25, 0.3) is 11.3 Å². The van der Waals surface area contributed by atoms with Crippen molar-refractivity contribution in [3.05, 3.63) is 82.6 Å². The lowest BCUT2D eigenvalue weighted by Gasteiger charge is -2.36. The molecule has 0 saturated carbocycles. The summed E-state index contributed by atoms with van der Waals surface area (Å²) in [5.41, 5.74) is 3.99. The van der Waals surface area contributed by atoms with Gasteiger partial charge in [0.2, 0.25) is 5.91 Å². The van der Waals surface area contributed by atoms with Crippen LogP contribution in [0.3, 0.4) is 0 Å². The molecule has 0 bridgehead atoms. The van der Waals surface area contributed by atoms with Gasteiger partial charge in [0.25, 0.3) is 5.56 Å². The Hall–Kier alpha value is -3.41. The van der Waals surface area contributed by atoms with E-state index in [1.165, 1.54) is 15.9 Å². The summed E-state index contributed by atoms with van der Waals surface area (Å²) in [6, 6.07) is 21.7. The summed E-state index contributed by atoms with van der Waals surface area (Å²) in [5.74, 6) is 0.149. The molecule has 0 radical (unpaired) electrons. The summed E-state index contributed by atoms with van der Waals surface area (Å²) in [5, 5.41) is 4.50. The van der Waals surface area contributed by atoms with Crippen LogP contribution >= 0.6 is 0 Å². The van der Waals surface area contributed by atoms with E-state index in [9.17, 15) is 9.59 Å². The minimum atomic E-state index is -0.139. The van der Waals surface area contributed by atoms with Crippen LogP contribution in [0.15, 0.2) is 71.5 Å². The van der Waals surface area contributed by atoms with Crippen LogP contribution in [0.1, 0.15) is 18.4 Å². The average Bonchev–Trinajstić information content (AvgIpc) is 2.81. The smallest absolute Gasteiger partial charge is 0.266 e. The highest BCUT2D eigenvalue weighted by molar-refractivity contribution is 5.76. The van der Waals surface area contributed by atoms with Gasteiger partial charge in [-0.2, -0.15) is 5.10 Å². The Balaban J connectivity index is 1.29. The Kier molecular flexibility index (Phi) is 6.46. The monoisotopic (exact) mass is 416 g/mol. The first-order valence-electron chi connectivity index (χ1n) is 10.8. The molecule has 1 saturated heterocycles. The second-order valence-corrected chi connectivity index (χ2v) is 7.95. The van der Waals surface area contributed by atoms with Crippen molar-refractivity contribution in [1.29, 1.82) is 0 Å². The molecule has 1 amide bonds. The van der Waals surface area contributed by atoms with E-state index in [2.05, 4.69) is 22.1 Å². The number of para-hydroxylation sites is 1. The number of aryl methyl sites for hydroxylation is 2. The topological polar surface area (TPSA) is 58.4 Å². The summed E-state index contributed by atoms with van der Waals surface area (Å²) in [7, 11) is 0. The molecule has 2 heterocycles. The van der Waals surface area contributed by atoms with Gasteiger partial charge >= 0.3 is 0 Å². The number of aromatic nitrogens is 2. The van der Waals surface area contributed by atoms with Gasteiger partial charge in [-0.3, -0.25) is 9.59 Å². The third-order valence-corrected chi connectivity index (χ3v) is 5.73. The summed E-state index contributed by atoms with van der Waals surface area (Å²) in [6.45, 7) is 5.62. The SMILES string of the molecule is Cc1ccc(-c2ccc(=O)n(CCCC(=O)N3CCN(c4ccccc4)CC3)n2)cc1. The van der Waals surface area contributed by atoms with Crippen LogP contribution in [-0.4, -0.2) is 46.8 Å². The van der Waals surface area contributed by atoms with E-state index in [0.717, 1.165) is 37.4 Å². The molecule has 6 nitrogen and oxygen atoms in total. The molecule has 160 valence electrons. The van der Waals surface area contributed by atoms with E-state index < -0.39 is 0 Å². The molecule has 1 aromatic heterocycles. The van der Waals surface area contributed by atoms with Crippen LogP contribution < -0.4 is 10.5 Å². The first-order chi connectivity index (χ1) is 15.1. The molecule has 4 rings (SSSR count). The lowest BCUT2D eigenvalue weighted by Crippen LogP contribution is -2.48. The minimum Gasteiger partial charge on any atom is -0.368 e. The molecule has 3 aromatic rings. The van der Waals surface area contributed by atoms with E-state index in [-0.39, 0.29) is 11.5 Å². The standard InChI is InChI=1S/C25H28N4O2/c1-20-9-11-21(12-10-20)23-13-14-25(31)29(26-23)15-5-8-24(30)28-18-16-27(17-19-28)22-6-3-2-4-7-22/h2-4,6-7,9-14H,5,8,15-19H2,1H3. The number of hydrogen-bond acceptors (Lipinski definition) is 4. The van der Waals surface area contributed by atoms with Gasteiger partial charge < -0.3 is 9.80 Å². The fourth-order valence-corrected chi connectivity index (χ4v) is 3.88. The van der Waals surface area contributed by atoms with Crippen molar-refractivity contribution < 1.29 is 4.79 Å². The highest BCUT2D eigenvalue weighted by Crippen LogP contribution is 2.17. The normalized spacial score (nSPS) is 14.0. The lowest BCUT2D eigenvalue weighted by atomic mass is 10.1. The maximum atomic E-state index is 12.6. The number of nitrogens with zero attached hydrogens (tertiary/aromatic N) is 4. The number of benzene rings is 2. The number of hydrogen-bond donors (Lipinski definition) is 0. The fraction of sp³-hybridized carbons (Fsp3) is 0.320. The Morgan fingerprint density at radius 2 is 1.61 bits per heavy atom. The number of amides is 1. The van der Waals surface area contributed by atoms with Gasteiger partial charge in [0.1, 0.15) is 0 Å². The summed E-state index contributed by atoms with van der Waals surface area (Å²) in [4.78, 5) is 29.1. The van der Waals surface area contributed by atoms with Crippen LogP contribution in [0.4, 0.5) is 5.69 Å². The summed E-state index contributed by atoms with van der Waals surface area (Å²) >= 11 is 0. The van der Waals surface area contributed by atoms with Gasteiger partial charge in [-0.05, 0) is 31.5 Å². The Morgan fingerprint density at radius 1 is 0.903 bits per heavy atom. The van der Waals surface area contributed by atoms with Gasteiger partial charge in [-0.25, -0.2) is 4.68 Å². The number of carbonyl (C=O) groups excluding carboxylic acids is 1. The van der Waals surface area contributed by atoms with E-state index in [1.54, 1.807) is 12.1 Å². The predicted molar refractivity (Wildman–Crippen MR) is 123 cm³/mol. The van der Waals surface area contributed by atoms with Gasteiger partial charge in [-0.15, -0.1) is 0 Å². The van der Waals surface area contributed by atoms with Crippen LogP contribution in [0.5, 0.6) is 0 Å². The van der Waals surface area contributed by atoms with Gasteiger partial charge in [0, 0.05) is 56.5 Å². The molecular weight excluding hydrogens is 388 g/mol. The van der Waals surface area contributed by atoms with Gasteiger partial charge in [-0.1, -0.05) is 48.0 Å². The van der Waals surface area contributed by atoms with Crippen LogP contribution in [0.2, 0.25) is 0 Å². The predicted octanol–water partition coefficient (Wildman–Crippen LogP) is 3.35. The minimum absolute atomic E-state index is 0.139. The maximum absolute atomic E-state index is 12.6. The molecule has 0 unspecified atom stereocenters. The molecule has 6 heteroatoms. The third-order valence-electron chi connectivity index (χ3n) is 5.73. The molecular formula is C25H28N4O2. The number of anilines is 1. The Morgan fingerprint density at radius 3 is 2.32 bits per heavy atom. The second-order valence-electron chi connectivity index (χ2n) is 7.95. The fourth-order valence-electron chi connectivity index (χ4n) is 3.88. The van der Waals surface area contributed by atoms with Gasteiger partial charge in [0.05, 0.1) is 5.69 Å². The van der Waals surface area contributed by atoms with Crippen LogP contribution in [-0.2, 0) is 11.3 Å². The first-order valence-corrected chi connectivity index (χ1v) is 10.8. The molecule has 0 spiro atoms. The van der Waals surface area contributed by atoms with Crippen molar-refractivity contribution in [3.63, 3.8) is 0 Å². The number of carbonyl (C=O) groups is 1. The second kappa shape index (κ2) is 9.60. The van der Waals surface area contributed by atoms with E-state index in [0.29, 0.717) is 19.4 Å². The summed E-state index contributed by atoms with van der Waals surface area (Å²) in [6.07, 6.45) is 1.02. The summed E-state index contributed by atoms with van der Waals surface area (Å²) < 4.78 is 1.47. The quantitative estimate of drug-likeness (QED) is 0.618. The van der Waals surface area contributed by atoms with Crippen LogP contribution in [0, 0.1) is 6.92 Å². The molecule has 1 aliphatic rings. The molecule has 2 aromatic carbocycles. The van der Waals surface area contributed by atoms with Crippen molar-refractivity contribution in [1.82, 2.24) is 14.7 Å². The van der Waals surface area contributed by atoms with E-state index in [1.807, 2.05) is 54.3 Å². The number of rotatable bonds is 6. The van der Waals surface area contributed by atoms with E-state index >= 15 is 0 Å². The average molecular weight is 417 g/mol. The first kappa shape index (κ1) is 20.8. The van der Waals surface area contributed by atoms with Crippen molar-refractivity contribution in [2.24, 2.45) is 0 Å². The van der Waals surface area contributed by atoms with Crippen molar-refractivity contribution in [2.75, 3.05) is 31.1 Å². The zero-order chi connectivity index (χ0) is 21.6. The van der Waals surface area contributed by atoms with Crippen molar-refractivity contribution >= 4 is 11.6 Å². The van der Waals surface area contributed by atoms with E-state index in [4.69, 9.17) is 0 Å². The highest BCUT2D eigenvalue weighted by Gasteiger charge is 2.20. The van der Waals surface area contributed by atoms with Crippen molar-refractivity contribution in [2.45, 2.75) is 26.3 Å². The Bertz CT molecular complexity index is 1070. The largest absolute Gasteiger partial charge is 0.368 e. The highest BCUT2D eigenvalue weighted by atomic mass is 16.2. The molecule has 0 N–H and O–H groups in total. The molecule has 0 aliphatic carbocycles. The molecule has 31 heavy (non-hydrogen) atoms. The zero-order valence-electron chi connectivity index (χ0n) is 17.9. The maximum Gasteiger partial charge on any atom is 0.266 e.